The monoisotopic (exact) mass is 284 g/mol. The van der Waals surface area contributed by atoms with Crippen molar-refractivity contribution >= 4 is 28.2 Å². The zero-order valence-corrected chi connectivity index (χ0v) is 11.3. The van der Waals surface area contributed by atoms with Crippen LogP contribution in [0.5, 0.6) is 0 Å². The Morgan fingerprint density at radius 2 is 2.05 bits per heavy atom. The molecule has 6 heteroatoms. The van der Waals surface area contributed by atoms with Crippen LogP contribution in [-0.2, 0) is 0 Å². The maximum absolute atomic E-state index is 6.28. The van der Waals surface area contributed by atoms with Gasteiger partial charge in [-0.3, -0.25) is 0 Å². The van der Waals surface area contributed by atoms with Gasteiger partial charge < -0.3 is 4.42 Å². The molecule has 0 amide bonds. The number of hydrogen-bond acceptors (Lipinski definition) is 4. The van der Waals surface area contributed by atoms with Crippen LogP contribution in [-0.4, -0.2) is 19.6 Å². The van der Waals surface area contributed by atoms with E-state index in [9.17, 15) is 0 Å². The van der Waals surface area contributed by atoms with E-state index >= 15 is 0 Å². The van der Waals surface area contributed by atoms with Gasteiger partial charge in [-0.15, -0.1) is 5.10 Å². The van der Waals surface area contributed by atoms with Crippen LogP contribution in [0.1, 0.15) is 5.82 Å². The van der Waals surface area contributed by atoms with Gasteiger partial charge in [-0.05, 0) is 31.2 Å². The van der Waals surface area contributed by atoms with E-state index in [1.54, 1.807) is 16.8 Å². The molecule has 3 heterocycles. The third kappa shape index (κ3) is 1.53. The fraction of sp³-hybridized carbons (Fsp3) is 0.0714. The molecule has 0 spiro atoms. The Balaban J connectivity index is 2.15. The standard InChI is InChI=1S/C14H9ClN4O/c1-8-16-10-5-2-4-9(15)12(10)14-17-13(18-19(8)14)11-6-3-7-20-11/h2-7H,1H3. The van der Waals surface area contributed by atoms with Crippen LogP contribution in [0.2, 0.25) is 5.02 Å². The third-order valence-electron chi connectivity index (χ3n) is 3.15. The molecule has 4 aromatic rings. The highest BCUT2D eigenvalue weighted by Crippen LogP contribution is 2.27. The first kappa shape index (κ1) is 11.4. The predicted octanol–water partition coefficient (Wildman–Crippen LogP) is 3.50. The average Bonchev–Trinajstić information content (AvgIpc) is 3.08. The van der Waals surface area contributed by atoms with Gasteiger partial charge in [0.2, 0.25) is 5.82 Å². The molecule has 1 aromatic carbocycles. The first-order valence-electron chi connectivity index (χ1n) is 6.09. The van der Waals surface area contributed by atoms with E-state index < -0.39 is 0 Å². The third-order valence-corrected chi connectivity index (χ3v) is 3.47. The quantitative estimate of drug-likeness (QED) is 0.537. The van der Waals surface area contributed by atoms with Crippen molar-refractivity contribution in [3.8, 4) is 11.6 Å². The molecule has 5 nitrogen and oxygen atoms in total. The molecule has 0 N–H and O–H groups in total. The second-order valence-corrected chi connectivity index (χ2v) is 4.85. The summed E-state index contributed by atoms with van der Waals surface area (Å²) < 4.78 is 7.03. The fourth-order valence-electron chi connectivity index (χ4n) is 2.26. The molecule has 0 bridgehead atoms. The molecule has 4 rings (SSSR count). The van der Waals surface area contributed by atoms with E-state index in [1.165, 1.54) is 0 Å². The van der Waals surface area contributed by atoms with Gasteiger partial charge in [0, 0.05) is 0 Å². The lowest BCUT2D eigenvalue weighted by atomic mass is 10.2. The van der Waals surface area contributed by atoms with E-state index in [-0.39, 0.29) is 0 Å². The Kier molecular flexibility index (Phi) is 2.31. The molecule has 0 saturated heterocycles. The summed E-state index contributed by atoms with van der Waals surface area (Å²) in [4.78, 5) is 9.04. The number of nitrogens with zero attached hydrogens (tertiary/aromatic N) is 4. The van der Waals surface area contributed by atoms with Gasteiger partial charge in [-0.25, -0.2) is 9.97 Å². The van der Waals surface area contributed by atoms with Crippen molar-refractivity contribution in [3.63, 3.8) is 0 Å². The SMILES string of the molecule is Cc1nc2cccc(Cl)c2c2nc(-c3ccco3)nn12. The number of halogens is 1. The lowest BCUT2D eigenvalue weighted by molar-refractivity contribution is 0.577. The van der Waals surface area contributed by atoms with E-state index in [0.717, 1.165) is 16.7 Å². The predicted molar refractivity (Wildman–Crippen MR) is 75.7 cm³/mol. The minimum Gasteiger partial charge on any atom is -0.461 e. The maximum Gasteiger partial charge on any atom is 0.217 e. The van der Waals surface area contributed by atoms with Gasteiger partial charge >= 0.3 is 0 Å². The molecule has 0 aliphatic carbocycles. The molecular formula is C14H9ClN4O. The lowest BCUT2D eigenvalue weighted by Gasteiger charge is -2.03. The average molecular weight is 285 g/mol. The van der Waals surface area contributed by atoms with Gasteiger partial charge in [-0.1, -0.05) is 17.7 Å². The van der Waals surface area contributed by atoms with E-state index in [1.807, 2.05) is 31.2 Å². The highest BCUT2D eigenvalue weighted by atomic mass is 35.5. The molecule has 0 aliphatic rings. The second kappa shape index (κ2) is 4.05. The molecule has 0 unspecified atom stereocenters. The Morgan fingerprint density at radius 1 is 1.15 bits per heavy atom. The zero-order valence-electron chi connectivity index (χ0n) is 10.5. The van der Waals surface area contributed by atoms with Crippen LogP contribution in [0, 0.1) is 6.92 Å². The van der Waals surface area contributed by atoms with Crippen LogP contribution < -0.4 is 0 Å². The summed E-state index contributed by atoms with van der Waals surface area (Å²) in [5, 5.41) is 5.84. The minimum atomic E-state index is 0.521. The van der Waals surface area contributed by atoms with Crippen LogP contribution >= 0.6 is 11.6 Å². The number of benzene rings is 1. The lowest BCUT2D eigenvalue weighted by Crippen LogP contribution is -1.98. The van der Waals surface area contributed by atoms with Crippen LogP contribution in [0.25, 0.3) is 28.1 Å². The smallest absolute Gasteiger partial charge is 0.217 e. The summed E-state index contributed by atoms with van der Waals surface area (Å²) in [5.41, 5.74) is 1.49. The normalized spacial score (nSPS) is 11.5. The molecule has 98 valence electrons. The molecular weight excluding hydrogens is 276 g/mol. The summed E-state index contributed by atoms with van der Waals surface area (Å²) in [6, 6.07) is 9.23. The van der Waals surface area contributed by atoms with Gasteiger partial charge in [0.1, 0.15) is 5.82 Å². The highest BCUT2D eigenvalue weighted by molar-refractivity contribution is 6.36. The molecule has 20 heavy (non-hydrogen) atoms. The van der Waals surface area contributed by atoms with Crippen molar-refractivity contribution < 1.29 is 4.42 Å². The summed E-state index contributed by atoms with van der Waals surface area (Å²) in [7, 11) is 0. The Hall–Kier alpha value is -2.40. The van der Waals surface area contributed by atoms with Gasteiger partial charge in [0.25, 0.3) is 0 Å². The fourth-order valence-corrected chi connectivity index (χ4v) is 2.51. The van der Waals surface area contributed by atoms with E-state index in [2.05, 4.69) is 15.1 Å². The maximum atomic E-state index is 6.28. The number of hydrogen-bond donors (Lipinski definition) is 0. The van der Waals surface area contributed by atoms with Crippen molar-refractivity contribution in [2.45, 2.75) is 6.92 Å². The molecule has 3 aromatic heterocycles. The van der Waals surface area contributed by atoms with Crippen LogP contribution in [0.3, 0.4) is 0 Å². The van der Waals surface area contributed by atoms with Gasteiger partial charge in [0.05, 0.1) is 22.2 Å². The Labute approximate surface area is 118 Å². The van der Waals surface area contributed by atoms with Crippen molar-refractivity contribution in [2.75, 3.05) is 0 Å². The summed E-state index contributed by atoms with van der Waals surface area (Å²) in [6.07, 6.45) is 1.59. The van der Waals surface area contributed by atoms with E-state index in [0.29, 0.717) is 22.3 Å². The second-order valence-electron chi connectivity index (χ2n) is 4.44. The molecule has 0 atom stereocenters. The topological polar surface area (TPSA) is 56.2 Å². The first-order chi connectivity index (χ1) is 9.74. The number of aromatic nitrogens is 4. The van der Waals surface area contributed by atoms with Crippen LogP contribution in [0.15, 0.2) is 41.0 Å². The molecule has 0 aliphatic heterocycles. The van der Waals surface area contributed by atoms with Crippen molar-refractivity contribution in [1.29, 1.82) is 0 Å². The molecule has 0 fully saturated rings. The summed E-state index contributed by atoms with van der Waals surface area (Å²) in [6.45, 7) is 1.88. The van der Waals surface area contributed by atoms with Crippen molar-refractivity contribution in [2.24, 2.45) is 0 Å². The summed E-state index contributed by atoms with van der Waals surface area (Å²) in [5.74, 6) is 1.89. The molecule has 0 saturated carbocycles. The number of aryl methyl sites for hydroxylation is 1. The zero-order chi connectivity index (χ0) is 13.7. The highest BCUT2D eigenvalue weighted by Gasteiger charge is 2.15. The van der Waals surface area contributed by atoms with Gasteiger partial charge in [0.15, 0.2) is 11.4 Å². The number of furan rings is 1. The van der Waals surface area contributed by atoms with Crippen molar-refractivity contribution in [1.82, 2.24) is 19.6 Å². The summed E-state index contributed by atoms with van der Waals surface area (Å²) >= 11 is 6.28. The largest absolute Gasteiger partial charge is 0.461 e. The number of fused-ring (bicyclic) bond motifs is 3. The van der Waals surface area contributed by atoms with Crippen molar-refractivity contribution in [3.05, 3.63) is 47.4 Å². The minimum absolute atomic E-state index is 0.521. The molecule has 0 radical (unpaired) electrons. The number of rotatable bonds is 1. The Morgan fingerprint density at radius 3 is 2.85 bits per heavy atom. The van der Waals surface area contributed by atoms with Gasteiger partial charge in [-0.2, -0.15) is 4.52 Å². The first-order valence-corrected chi connectivity index (χ1v) is 6.47. The van der Waals surface area contributed by atoms with E-state index in [4.69, 9.17) is 16.0 Å². The van der Waals surface area contributed by atoms with Crippen LogP contribution in [0.4, 0.5) is 0 Å². The Bertz CT molecular complexity index is 927.